The minimum Gasteiger partial charge on any atom is -0.486 e. The Kier molecular flexibility index (Phi) is 3.05. The summed E-state index contributed by atoms with van der Waals surface area (Å²) in [6.07, 6.45) is 2.50. The number of aliphatic hydroxyl groups excluding tert-OH is 1. The first-order chi connectivity index (χ1) is 9.24. The molecule has 19 heavy (non-hydrogen) atoms. The zero-order valence-electron chi connectivity index (χ0n) is 10.5. The molecule has 0 radical (unpaired) electrons. The van der Waals surface area contributed by atoms with Crippen LogP contribution in [0, 0.1) is 6.92 Å². The summed E-state index contributed by atoms with van der Waals surface area (Å²) >= 11 is 0. The summed E-state index contributed by atoms with van der Waals surface area (Å²) in [5, 5.41) is 10.3. The normalized spacial score (nSPS) is 15.1. The van der Waals surface area contributed by atoms with Crippen LogP contribution in [0.25, 0.3) is 0 Å². The van der Waals surface area contributed by atoms with Crippen molar-refractivity contribution < 1.29 is 14.6 Å². The standard InChI is InChI=1S/C14H14N2O3/c1-9-7-15-14(16-8-9)13(17)10-2-3-11-12(6-10)19-5-4-18-11/h2-3,6-8,13,17H,4-5H2,1H3. The van der Waals surface area contributed by atoms with Gasteiger partial charge in [0.05, 0.1) is 0 Å². The lowest BCUT2D eigenvalue weighted by Gasteiger charge is -2.19. The molecule has 2 heterocycles. The van der Waals surface area contributed by atoms with Crippen LogP contribution in [0.15, 0.2) is 30.6 Å². The molecule has 1 aromatic carbocycles. The van der Waals surface area contributed by atoms with E-state index in [1.807, 2.05) is 6.92 Å². The lowest BCUT2D eigenvalue weighted by molar-refractivity contribution is 0.169. The number of nitrogens with zero attached hydrogens (tertiary/aromatic N) is 2. The molecule has 0 fully saturated rings. The molecule has 1 aliphatic heterocycles. The van der Waals surface area contributed by atoms with Gasteiger partial charge in [-0.15, -0.1) is 0 Å². The predicted molar refractivity (Wildman–Crippen MR) is 68.3 cm³/mol. The molecular weight excluding hydrogens is 244 g/mol. The SMILES string of the molecule is Cc1cnc(C(O)c2ccc3c(c2)OCCO3)nc1. The van der Waals surface area contributed by atoms with Gasteiger partial charge in [0.2, 0.25) is 0 Å². The number of aromatic nitrogens is 2. The van der Waals surface area contributed by atoms with Crippen LogP contribution in [-0.4, -0.2) is 28.3 Å². The van der Waals surface area contributed by atoms with Gasteiger partial charge in [0.1, 0.15) is 19.3 Å². The Morgan fingerprint density at radius 2 is 1.79 bits per heavy atom. The lowest BCUT2D eigenvalue weighted by atomic mass is 10.1. The first-order valence-electron chi connectivity index (χ1n) is 6.10. The fourth-order valence-electron chi connectivity index (χ4n) is 1.92. The third-order valence-corrected chi connectivity index (χ3v) is 2.93. The molecule has 1 aliphatic rings. The van der Waals surface area contributed by atoms with Crippen molar-refractivity contribution in [2.75, 3.05) is 13.2 Å². The van der Waals surface area contributed by atoms with Crippen LogP contribution in [0.4, 0.5) is 0 Å². The first-order valence-corrected chi connectivity index (χ1v) is 6.10. The van der Waals surface area contributed by atoms with Crippen molar-refractivity contribution in [2.45, 2.75) is 13.0 Å². The van der Waals surface area contributed by atoms with Crippen LogP contribution in [0.2, 0.25) is 0 Å². The summed E-state index contributed by atoms with van der Waals surface area (Å²) in [6, 6.07) is 5.35. The van der Waals surface area contributed by atoms with Gasteiger partial charge in [0.15, 0.2) is 17.3 Å². The van der Waals surface area contributed by atoms with Gasteiger partial charge in [0, 0.05) is 12.4 Å². The fourth-order valence-corrected chi connectivity index (χ4v) is 1.92. The largest absolute Gasteiger partial charge is 0.486 e. The molecule has 1 atom stereocenters. The highest BCUT2D eigenvalue weighted by molar-refractivity contribution is 5.45. The maximum Gasteiger partial charge on any atom is 0.161 e. The number of benzene rings is 1. The number of aryl methyl sites for hydroxylation is 1. The van der Waals surface area contributed by atoms with E-state index in [1.54, 1.807) is 30.6 Å². The molecule has 1 aromatic heterocycles. The van der Waals surface area contributed by atoms with E-state index in [0.717, 1.165) is 5.56 Å². The van der Waals surface area contributed by atoms with Gasteiger partial charge in [-0.05, 0) is 30.2 Å². The molecule has 0 saturated heterocycles. The average Bonchev–Trinajstić information content (AvgIpc) is 2.47. The van der Waals surface area contributed by atoms with Crippen molar-refractivity contribution in [3.63, 3.8) is 0 Å². The topological polar surface area (TPSA) is 64.5 Å². The number of aliphatic hydroxyl groups is 1. The van der Waals surface area contributed by atoms with Crippen molar-refractivity contribution >= 4 is 0 Å². The van der Waals surface area contributed by atoms with Crippen LogP contribution in [0.1, 0.15) is 23.1 Å². The van der Waals surface area contributed by atoms with Gasteiger partial charge < -0.3 is 14.6 Å². The maximum absolute atomic E-state index is 10.3. The van der Waals surface area contributed by atoms with Crippen LogP contribution in [-0.2, 0) is 0 Å². The molecule has 98 valence electrons. The summed E-state index contributed by atoms with van der Waals surface area (Å²) < 4.78 is 10.9. The maximum atomic E-state index is 10.3. The number of fused-ring (bicyclic) bond motifs is 1. The Morgan fingerprint density at radius 1 is 1.11 bits per heavy atom. The Hall–Kier alpha value is -2.14. The summed E-state index contributed by atoms with van der Waals surface area (Å²) in [5.74, 6) is 1.73. The van der Waals surface area contributed by atoms with Crippen molar-refractivity contribution in [1.82, 2.24) is 9.97 Å². The molecule has 0 amide bonds. The summed E-state index contributed by atoms with van der Waals surface area (Å²) in [6.45, 7) is 2.98. The minimum atomic E-state index is -0.864. The lowest BCUT2D eigenvalue weighted by Crippen LogP contribution is -2.16. The number of hydrogen-bond acceptors (Lipinski definition) is 5. The zero-order chi connectivity index (χ0) is 13.2. The van der Waals surface area contributed by atoms with E-state index in [9.17, 15) is 5.11 Å². The zero-order valence-corrected chi connectivity index (χ0v) is 10.5. The number of rotatable bonds is 2. The van der Waals surface area contributed by atoms with E-state index in [0.29, 0.717) is 36.1 Å². The second-order valence-corrected chi connectivity index (χ2v) is 4.42. The van der Waals surface area contributed by atoms with Gasteiger partial charge >= 0.3 is 0 Å². The second kappa shape index (κ2) is 4.85. The van der Waals surface area contributed by atoms with Gasteiger partial charge in [-0.25, -0.2) is 9.97 Å². The van der Waals surface area contributed by atoms with Crippen molar-refractivity contribution in [3.05, 3.63) is 47.5 Å². The van der Waals surface area contributed by atoms with Crippen LogP contribution in [0.5, 0.6) is 11.5 Å². The second-order valence-electron chi connectivity index (χ2n) is 4.42. The van der Waals surface area contributed by atoms with E-state index in [-0.39, 0.29) is 0 Å². The Bertz CT molecular complexity index is 584. The predicted octanol–water partition coefficient (Wildman–Crippen LogP) is 1.64. The van der Waals surface area contributed by atoms with E-state index in [4.69, 9.17) is 9.47 Å². The molecule has 5 heteroatoms. The highest BCUT2D eigenvalue weighted by Crippen LogP contribution is 2.33. The molecule has 0 bridgehead atoms. The summed E-state index contributed by atoms with van der Waals surface area (Å²) in [5.41, 5.74) is 1.64. The fraction of sp³-hybridized carbons (Fsp3) is 0.286. The van der Waals surface area contributed by atoms with E-state index in [2.05, 4.69) is 9.97 Å². The Labute approximate surface area is 110 Å². The molecule has 0 aliphatic carbocycles. The van der Waals surface area contributed by atoms with Crippen LogP contribution < -0.4 is 9.47 Å². The van der Waals surface area contributed by atoms with E-state index >= 15 is 0 Å². The third-order valence-electron chi connectivity index (χ3n) is 2.93. The Morgan fingerprint density at radius 3 is 2.53 bits per heavy atom. The average molecular weight is 258 g/mol. The molecule has 5 nitrogen and oxygen atoms in total. The molecule has 2 aromatic rings. The molecule has 1 unspecified atom stereocenters. The van der Waals surface area contributed by atoms with Crippen LogP contribution in [0.3, 0.4) is 0 Å². The number of ether oxygens (including phenoxy) is 2. The van der Waals surface area contributed by atoms with Crippen molar-refractivity contribution in [1.29, 1.82) is 0 Å². The molecule has 0 saturated carbocycles. The monoisotopic (exact) mass is 258 g/mol. The summed E-state index contributed by atoms with van der Waals surface area (Å²) in [7, 11) is 0. The third kappa shape index (κ3) is 2.37. The van der Waals surface area contributed by atoms with Gasteiger partial charge in [-0.2, -0.15) is 0 Å². The van der Waals surface area contributed by atoms with E-state index < -0.39 is 6.10 Å². The molecule has 1 N–H and O–H groups in total. The highest BCUT2D eigenvalue weighted by Gasteiger charge is 2.18. The smallest absolute Gasteiger partial charge is 0.161 e. The molecule has 3 rings (SSSR count). The van der Waals surface area contributed by atoms with Crippen molar-refractivity contribution in [3.8, 4) is 11.5 Å². The quantitative estimate of drug-likeness (QED) is 0.887. The van der Waals surface area contributed by atoms with Gasteiger partial charge in [0.25, 0.3) is 0 Å². The summed E-state index contributed by atoms with van der Waals surface area (Å²) in [4.78, 5) is 8.27. The van der Waals surface area contributed by atoms with Gasteiger partial charge in [-0.3, -0.25) is 0 Å². The molecular formula is C14H14N2O3. The first kappa shape index (κ1) is 11.9. The van der Waals surface area contributed by atoms with Crippen LogP contribution >= 0.6 is 0 Å². The minimum absolute atomic E-state index is 0.377. The Balaban J connectivity index is 1.91. The number of hydrogen-bond donors (Lipinski definition) is 1. The van der Waals surface area contributed by atoms with E-state index in [1.165, 1.54) is 0 Å². The molecule has 0 spiro atoms. The van der Waals surface area contributed by atoms with Gasteiger partial charge in [-0.1, -0.05) is 6.07 Å². The highest BCUT2D eigenvalue weighted by atomic mass is 16.6. The van der Waals surface area contributed by atoms with Crippen molar-refractivity contribution in [2.24, 2.45) is 0 Å².